The second kappa shape index (κ2) is 16.6. The number of primary amides is 1. The SMILES string of the molecule is COC1/C=C\C=C(/C)C(=O)NC2=CC(=O)C(NCCN3CC3)=C(C[C@@H](C)C[C@H](OC)[C@H](OC)[C@@H](C)/C=C(\C)[C@@H]1OC(N)=O)C2=O. The predicted octanol–water partition coefficient (Wildman–Crippen LogP) is 2.32. The van der Waals surface area contributed by atoms with E-state index in [1.54, 1.807) is 33.3 Å². The zero-order valence-corrected chi connectivity index (χ0v) is 27.4. The highest BCUT2D eigenvalue weighted by Gasteiger charge is 2.34. The molecule has 1 fully saturated rings. The first-order valence-electron chi connectivity index (χ1n) is 15.3. The molecule has 2 aliphatic heterocycles. The standard InChI is InChI=1S/C33H48N4O8/c1-19-15-23-28(35-11-12-37-13-14-37)25(38)18-24(29(23)39)36-32(40)20(2)9-8-10-26(42-5)31(45-33(34)41)22(4)17-21(3)30(44-7)27(16-19)43-6/h8-10,17-19,21,26-27,30-31,35H,11-16H2,1-7H3,(H2,34,41)(H,36,40)/b10-8-,20-9+,22-17+/t19-,21+,26?,27+,30-,31+/m1/s1. The Morgan fingerprint density at radius 3 is 2.40 bits per heavy atom. The highest BCUT2D eigenvalue weighted by atomic mass is 16.6. The summed E-state index contributed by atoms with van der Waals surface area (Å²) in [5, 5.41) is 5.83. The highest BCUT2D eigenvalue weighted by molar-refractivity contribution is 6.23. The molecule has 0 aromatic heterocycles. The van der Waals surface area contributed by atoms with E-state index in [2.05, 4.69) is 15.5 Å². The summed E-state index contributed by atoms with van der Waals surface area (Å²) in [6, 6.07) is 0. The van der Waals surface area contributed by atoms with Crippen LogP contribution in [0.25, 0.3) is 0 Å². The summed E-state index contributed by atoms with van der Waals surface area (Å²) in [6.45, 7) is 10.7. The molecule has 1 saturated heterocycles. The van der Waals surface area contributed by atoms with Gasteiger partial charge in [0.05, 0.1) is 23.6 Å². The van der Waals surface area contributed by atoms with Crippen LogP contribution < -0.4 is 16.4 Å². The molecule has 2 bridgehead atoms. The van der Waals surface area contributed by atoms with Gasteiger partial charge in [0.25, 0.3) is 5.91 Å². The van der Waals surface area contributed by atoms with Gasteiger partial charge >= 0.3 is 6.09 Å². The third-order valence-electron chi connectivity index (χ3n) is 8.30. The first kappa shape index (κ1) is 35.9. The van der Waals surface area contributed by atoms with E-state index in [0.29, 0.717) is 24.1 Å². The second-order valence-corrected chi connectivity index (χ2v) is 11.9. The van der Waals surface area contributed by atoms with Crippen molar-refractivity contribution in [2.75, 3.05) is 47.5 Å². The minimum atomic E-state index is -0.959. The van der Waals surface area contributed by atoms with E-state index in [-0.39, 0.29) is 47.1 Å². The van der Waals surface area contributed by atoms with E-state index < -0.39 is 36.1 Å². The number of methoxy groups -OCH3 is 3. The minimum absolute atomic E-state index is 0.0745. The second-order valence-electron chi connectivity index (χ2n) is 11.9. The largest absolute Gasteiger partial charge is 0.439 e. The van der Waals surface area contributed by atoms with Gasteiger partial charge in [-0.25, -0.2) is 4.79 Å². The average Bonchev–Trinajstić information content (AvgIpc) is 3.81. The van der Waals surface area contributed by atoms with Crippen LogP contribution in [0.4, 0.5) is 4.79 Å². The van der Waals surface area contributed by atoms with Crippen LogP contribution in [0.5, 0.6) is 0 Å². The lowest BCUT2D eigenvalue weighted by Crippen LogP contribution is -2.39. The quantitative estimate of drug-likeness (QED) is 0.207. The zero-order valence-electron chi connectivity index (χ0n) is 27.4. The minimum Gasteiger partial charge on any atom is -0.439 e. The maximum atomic E-state index is 13.8. The fourth-order valence-electron chi connectivity index (χ4n) is 5.76. The number of ether oxygens (including phenoxy) is 4. The number of carbonyl (C=O) groups is 4. The van der Waals surface area contributed by atoms with Crippen molar-refractivity contribution in [3.05, 3.63) is 58.5 Å². The Hall–Kier alpha value is -3.58. The molecule has 2 heterocycles. The Kier molecular flexibility index (Phi) is 13.3. The number of nitrogens with one attached hydrogen (secondary N) is 2. The van der Waals surface area contributed by atoms with Crippen molar-refractivity contribution >= 4 is 23.6 Å². The molecule has 0 aromatic rings. The number of nitrogens with two attached hydrogens (primary N) is 1. The van der Waals surface area contributed by atoms with Crippen LogP contribution in [0.2, 0.25) is 0 Å². The number of allylic oxidation sites excluding steroid dienone is 4. The number of fused-ring (bicyclic) bond motifs is 2. The van der Waals surface area contributed by atoms with E-state index in [4.69, 9.17) is 24.7 Å². The van der Waals surface area contributed by atoms with Gasteiger partial charge in [0, 0.05) is 70.6 Å². The number of ketones is 2. The summed E-state index contributed by atoms with van der Waals surface area (Å²) >= 11 is 0. The van der Waals surface area contributed by atoms with Crippen LogP contribution in [0.15, 0.2) is 58.5 Å². The van der Waals surface area contributed by atoms with Crippen LogP contribution in [0, 0.1) is 11.8 Å². The highest BCUT2D eigenvalue weighted by Crippen LogP contribution is 2.29. The maximum absolute atomic E-state index is 13.8. The van der Waals surface area contributed by atoms with Crippen LogP contribution in [0.1, 0.15) is 40.5 Å². The molecule has 3 rings (SSSR count). The fraction of sp³-hybridized carbons (Fsp3) is 0.576. The number of carbonyl (C=O) groups excluding carboxylic acids is 4. The Labute approximate surface area is 265 Å². The molecule has 45 heavy (non-hydrogen) atoms. The molecule has 2 amide bonds. The molecule has 0 spiro atoms. The first-order chi connectivity index (χ1) is 21.4. The summed E-state index contributed by atoms with van der Waals surface area (Å²) < 4.78 is 22.9. The van der Waals surface area contributed by atoms with Gasteiger partial charge in [0.2, 0.25) is 11.6 Å². The maximum Gasteiger partial charge on any atom is 0.405 e. The number of amides is 2. The molecule has 1 aliphatic carbocycles. The van der Waals surface area contributed by atoms with Crippen molar-refractivity contribution in [2.24, 2.45) is 17.6 Å². The molecule has 0 aromatic carbocycles. The summed E-state index contributed by atoms with van der Waals surface area (Å²) in [7, 11) is 4.68. The van der Waals surface area contributed by atoms with E-state index in [9.17, 15) is 19.2 Å². The molecule has 4 N–H and O–H groups in total. The molecule has 1 unspecified atom stereocenters. The summed E-state index contributed by atoms with van der Waals surface area (Å²) in [4.78, 5) is 54.3. The number of hydrogen-bond acceptors (Lipinski definition) is 10. The molecule has 12 heteroatoms. The van der Waals surface area contributed by atoms with Crippen LogP contribution in [-0.4, -0.2) is 100 Å². The Morgan fingerprint density at radius 2 is 1.80 bits per heavy atom. The van der Waals surface area contributed by atoms with Gasteiger partial charge in [0.15, 0.2) is 6.10 Å². The molecule has 12 nitrogen and oxygen atoms in total. The van der Waals surface area contributed by atoms with Crippen LogP contribution >= 0.6 is 0 Å². The molecule has 0 saturated carbocycles. The van der Waals surface area contributed by atoms with Crippen LogP contribution in [0.3, 0.4) is 0 Å². The monoisotopic (exact) mass is 628 g/mol. The predicted molar refractivity (Wildman–Crippen MR) is 169 cm³/mol. The molecule has 248 valence electrons. The first-order valence-corrected chi connectivity index (χ1v) is 15.3. The number of rotatable bonds is 8. The van der Waals surface area contributed by atoms with E-state index in [1.165, 1.54) is 19.3 Å². The molecule has 0 radical (unpaired) electrons. The Balaban J connectivity index is 2.05. The lowest BCUT2D eigenvalue weighted by atomic mass is 9.85. The summed E-state index contributed by atoms with van der Waals surface area (Å²) in [6.07, 6.45) is 5.36. The Bertz CT molecular complexity index is 1280. The van der Waals surface area contributed by atoms with Gasteiger partial charge in [-0.05, 0) is 38.2 Å². The Morgan fingerprint density at radius 1 is 1.09 bits per heavy atom. The van der Waals surface area contributed by atoms with E-state index in [1.807, 2.05) is 26.8 Å². The number of nitrogens with zero attached hydrogens (tertiary/aromatic N) is 1. The lowest BCUT2D eigenvalue weighted by Gasteiger charge is -2.32. The van der Waals surface area contributed by atoms with Gasteiger partial charge in [-0.2, -0.15) is 0 Å². The van der Waals surface area contributed by atoms with Gasteiger partial charge in [-0.3, -0.25) is 19.3 Å². The average molecular weight is 629 g/mol. The van der Waals surface area contributed by atoms with Gasteiger partial charge in [0.1, 0.15) is 6.10 Å². The number of hydrogen-bond donors (Lipinski definition) is 3. The third kappa shape index (κ3) is 9.95. The van der Waals surface area contributed by atoms with E-state index >= 15 is 0 Å². The fourth-order valence-corrected chi connectivity index (χ4v) is 5.76. The van der Waals surface area contributed by atoms with Crippen molar-refractivity contribution in [1.29, 1.82) is 0 Å². The molecular weight excluding hydrogens is 580 g/mol. The normalized spacial score (nSPS) is 32.1. The smallest absolute Gasteiger partial charge is 0.405 e. The van der Waals surface area contributed by atoms with Gasteiger partial charge < -0.3 is 35.3 Å². The van der Waals surface area contributed by atoms with Crippen molar-refractivity contribution < 1.29 is 38.1 Å². The van der Waals surface area contributed by atoms with Crippen molar-refractivity contribution in [1.82, 2.24) is 15.5 Å². The number of Topliss-reactive ketones (excluding diaryl/α,β-unsaturated/α-hetero) is 1. The van der Waals surface area contributed by atoms with Crippen molar-refractivity contribution in [3.8, 4) is 0 Å². The topological polar surface area (TPSA) is 158 Å². The van der Waals surface area contributed by atoms with Crippen LogP contribution in [-0.2, 0) is 33.3 Å². The van der Waals surface area contributed by atoms with Crippen molar-refractivity contribution in [2.45, 2.75) is 65.0 Å². The molecule has 6 atom stereocenters. The zero-order chi connectivity index (χ0) is 33.3. The molecule has 3 aliphatic rings. The third-order valence-corrected chi connectivity index (χ3v) is 8.30. The lowest BCUT2D eigenvalue weighted by molar-refractivity contribution is -0.120. The van der Waals surface area contributed by atoms with Gasteiger partial charge in [-0.15, -0.1) is 0 Å². The molecular formula is C33H48N4O8. The van der Waals surface area contributed by atoms with Gasteiger partial charge in [-0.1, -0.05) is 38.2 Å². The van der Waals surface area contributed by atoms with Crippen molar-refractivity contribution in [3.63, 3.8) is 0 Å². The summed E-state index contributed by atoms with van der Waals surface area (Å²) in [5.41, 5.74) is 6.90. The summed E-state index contributed by atoms with van der Waals surface area (Å²) in [5.74, 6) is -1.60. The van der Waals surface area contributed by atoms with E-state index in [0.717, 1.165) is 19.6 Å².